The van der Waals surface area contributed by atoms with Crippen LogP contribution in [0.1, 0.15) is 38.1 Å². The van der Waals surface area contributed by atoms with Gasteiger partial charge in [0.2, 0.25) is 0 Å². The lowest BCUT2D eigenvalue weighted by Crippen LogP contribution is -2.32. The number of nitrogens with zero attached hydrogens (tertiary/aromatic N) is 2. The first-order chi connectivity index (χ1) is 11.8. The zero-order chi connectivity index (χ0) is 19.9. The predicted octanol–water partition coefficient (Wildman–Crippen LogP) is 2.78. The van der Waals surface area contributed by atoms with E-state index in [0.717, 1.165) is 0 Å². The van der Waals surface area contributed by atoms with E-state index in [1.54, 1.807) is 5.32 Å². The molecule has 0 aliphatic rings. The lowest BCUT2D eigenvalue weighted by Gasteiger charge is -2.29. The van der Waals surface area contributed by atoms with Crippen LogP contribution in [-0.4, -0.2) is 33.6 Å². The number of hydrogen-bond donors (Lipinski definition) is 3. The molecule has 0 unspecified atom stereocenters. The third kappa shape index (κ3) is 4.06. The summed E-state index contributed by atoms with van der Waals surface area (Å²) in [5.74, 6) is -2.83. The van der Waals surface area contributed by atoms with Crippen molar-refractivity contribution < 1.29 is 22.8 Å². The first-order valence-corrected chi connectivity index (χ1v) is 7.76. The zero-order valence-corrected chi connectivity index (χ0v) is 14.7. The van der Waals surface area contributed by atoms with Crippen molar-refractivity contribution in [1.29, 1.82) is 0 Å². The molecule has 0 bridgehead atoms. The average Bonchev–Trinajstić information content (AvgIpc) is 2.87. The van der Waals surface area contributed by atoms with Crippen LogP contribution in [0.25, 0.3) is 5.52 Å². The summed E-state index contributed by atoms with van der Waals surface area (Å²) in [5, 5.41) is 8.90. The number of amides is 2. The smallest absolute Gasteiger partial charge is 0.380 e. The number of aromatic nitrogens is 2. The second-order valence-corrected chi connectivity index (χ2v) is 7.04. The first kappa shape index (κ1) is 19.5. The minimum Gasteiger partial charge on any atom is -0.380 e. The van der Waals surface area contributed by atoms with Crippen molar-refractivity contribution in [2.75, 3.05) is 10.6 Å². The van der Waals surface area contributed by atoms with E-state index in [9.17, 15) is 22.8 Å². The molecule has 2 amide bonds. The number of nitrogens with two attached hydrogens (primary N) is 1. The Kier molecular flexibility index (Phi) is 4.89. The van der Waals surface area contributed by atoms with Crippen molar-refractivity contribution in [2.45, 2.75) is 39.9 Å². The number of anilines is 2. The topological polar surface area (TPSA) is 102 Å². The normalized spacial score (nSPS) is 13.5. The number of carbonyl (C=O) groups excluding carboxylic acids is 2. The van der Waals surface area contributed by atoms with Crippen LogP contribution in [0.4, 0.5) is 24.5 Å². The maximum atomic E-state index is 12.4. The van der Waals surface area contributed by atoms with Gasteiger partial charge >= 0.3 is 12.1 Å². The van der Waals surface area contributed by atoms with Gasteiger partial charge in [0.1, 0.15) is 0 Å². The van der Waals surface area contributed by atoms with E-state index in [-0.39, 0.29) is 22.7 Å². The molecule has 26 heavy (non-hydrogen) atoms. The highest BCUT2D eigenvalue weighted by Crippen LogP contribution is 2.30. The van der Waals surface area contributed by atoms with Gasteiger partial charge in [-0.15, -0.1) is 0 Å². The molecule has 0 radical (unpaired) electrons. The highest BCUT2D eigenvalue weighted by atomic mass is 19.4. The van der Waals surface area contributed by atoms with Crippen molar-refractivity contribution in [3.05, 3.63) is 24.0 Å². The Hall–Kier alpha value is -2.78. The summed E-state index contributed by atoms with van der Waals surface area (Å²) in [6, 6.07) is 1.19. The molecule has 142 valence electrons. The largest absolute Gasteiger partial charge is 0.471 e. The molecule has 0 spiro atoms. The molecule has 0 saturated heterocycles. The molecular weight excluding hydrogens is 351 g/mol. The monoisotopic (exact) mass is 371 g/mol. The molecule has 0 aromatic carbocycles. The Bertz CT molecular complexity index is 852. The second kappa shape index (κ2) is 6.50. The van der Waals surface area contributed by atoms with Crippen molar-refractivity contribution in [1.82, 2.24) is 9.61 Å². The van der Waals surface area contributed by atoms with E-state index in [4.69, 9.17) is 5.73 Å². The lowest BCUT2D eigenvalue weighted by molar-refractivity contribution is -0.167. The van der Waals surface area contributed by atoms with E-state index in [1.807, 2.05) is 27.7 Å². The quantitative estimate of drug-likeness (QED) is 0.769. The summed E-state index contributed by atoms with van der Waals surface area (Å²) in [6.07, 6.45) is -2.57. The molecule has 10 heteroatoms. The van der Waals surface area contributed by atoms with Crippen LogP contribution in [0, 0.1) is 5.41 Å². The van der Waals surface area contributed by atoms with Crippen molar-refractivity contribution in [3.63, 3.8) is 0 Å². The molecule has 0 fully saturated rings. The third-order valence-electron chi connectivity index (χ3n) is 4.08. The Morgan fingerprint density at radius 3 is 2.38 bits per heavy atom. The molecule has 2 aromatic heterocycles. The van der Waals surface area contributed by atoms with Crippen LogP contribution < -0.4 is 16.4 Å². The molecule has 0 saturated carbocycles. The second-order valence-electron chi connectivity index (χ2n) is 7.04. The molecule has 4 N–H and O–H groups in total. The minimum absolute atomic E-state index is 0.0976. The van der Waals surface area contributed by atoms with E-state index in [2.05, 4.69) is 10.4 Å². The molecule has 2 heterocycles. The third-order valence-corrected chi connectivity index (χ3v) is 4.08. The van der Waals surface area contributed by atoms with Crippen molar-refractivity contribution in [3.8, 4) is 0 Å². The Balaban J connectivity index is 2.51. The number of halogens is 3. The van der Waals surface area contributed by atoms with Crippen LogP contribution in [0.2, 0.25) is 0 Å². The van der Waals surface area contributed by atoms with Crippen LogP contribution in [-0.2, 0) is 4.79 Å². The molecular formula is C16H20F3N5O2. The summed E-state index contributed by atoms with van der Waals surface area (Å²) in [7, 11) is 0. The average molecular weight is 371 g/mol. The van der Waals surface area contributed by atoms with Crippen molar-refractivity contribution >= 4 is 28.7 Å². The summed E-state index contributed by atoms with van der Waals surface area (Å²) in [5.41, 5.74) is 5.86. The van der Waals surface area contributed by atoms with Gasteiger partial charge in [-0.1, -0.05) is 20.8 Å². The summed E-state index contributed by atoms with van der Waals surface area (Å²) in [6.45, 7) is 7.86. The number of alkyl halides is 3. The highest BCUT2D eigenvalue weighted by Gasteiger charge is 2.39. The summed E-state index contributed by atoms with van der Waals surface area (Å²) < 4.78 is 38.6. The molecule has 7 nitrogen and oxygen atoms in total. The van der Waals surface area contributed by atoms with E-state index >= 15 is 0 Å². The Morgan fingerprint density at radius 2 is 1.88 bits per heavy atom. The van der Waals surface area contributed by atoms with Crippen LogP contribution in [0.3, 0.4) is 0 Å². The van der Waals surface area contributed by atoms with Gasteiger partial charge in [-0.3, -0.25) is 9.59 Å². The fraction of sp³-hybridized carbons (Fsp3) is 0.438. The number of rotatable bonds is 4. The number of carbonyl (C=O) groups is 2. The lowest BCUT2D eigenvalue weighted by atomic mass is 9.88. The Labute approximate surface area is 147 Å². The van der Waals surface area contributed by atoms with Gasteiger partial charge in [-0.25, -0.2) is 4.52 Å². The zero-order valence-electron chi connectivity index (χ0n) is 14.7. The first-order valence-electron chi connectivity index (χ1n) is 7.76. The van der Waals surface area contributed by atoms with Gasteiger partial charge in [0.05, 0.1) is 34.8 Å². The minimum atomic E-state index is -5.01. The van der Waals surface area contributed by atoms with Gasteiger partial charge in [0.15, 0.2) is 0 Å². The van der Waals surface area contributed by atoms with Gasteiger partial charge in [0.25, 0.3) is 5.91 Å². The van der Waals surface area contributed by atoms with Gasteiger partial charge in [0, 0.05) is 6.04 Å². The maximum absolute atomic E-state index is 12.4. The van der Waals surface area contributed by atoms with Crippen LogP contribution in [0.15, 0.2) is 18.5 Å². The highest BCUT2D eigenvalue weighted by molar-refractivity contribution is 6.03. The van der Waals surface area contributed by atoms with Crippen molar-refractivity contribution in [2.24, 2.45) is 11.1 Å². The maximum Gasteiger partial charge on any atom is 0.471 e. The predicted molar refractivity (Wildman–Crippen MR) is 90.9 cm³/mol. The van der Waals surface area contributed by atoms with Gasteiger partial charge in [-0.2, -0.15) is 18.3 Å². The molecule has 2 rings (SSSR count). The summed E-state index contributed by atoms with van der Waals surface area (Å²) in [4.78, 5) is 22.9. The van der Waals surface area contributed by atoms with Gasteiger partial charge in [-0.05, 0) is 18.4 Å². The standard InChI is InChI=1S/C16H20F3N5O2/c1-8(15(2,3)4)22-12-10(13(20)25)6-21-24-7-9(5-11(12)24)23-14(26)16(17,18)19/h5-8,22H,1-4H3,(H2,20,25)(H,23,26)/t8-/m1/s1. The molecule has 0 aliphatic heterocycles. The van der Waals surface area contributed by atoms with E-state index in [0.29, 0.717) is 11.2 Å². The Morgan fingerprint density at radius 1 is 1.27 bits per heavy atom. The summed E-state index contributed by atoms with van der Waals surface area (Å²) >= 11 is 0. The van der Waals surface area contributed by atoms with Gasteiger partial charge < -0.3 is 16.4 Å². The SMILES string of the molecule is C[C@@H](Nc1c(C(N)=O)cnn2cc(NC(=O)C(F)(F)F)cc12)C(C)(C)C. The number of nitrogens with one attached hydrogen (secondary N) is 2. The van der Waals surface area contributed by atoms with Crippen LogP contribution >= 0.6 is 0 Å². The fourth-order valence-electron chi connectivity index (χ4n) is 2.10. The van der Waals surface area contributed by atoms with E-state index in [1.165, 1.54) is 23.0 Å². The fourth-order valence-corrected chi connectivity index (χ4v) is 2.10. The molecule has 1 atom stereocenters. The van der Waals surface area contributed by atoms with E-state index < -0.39 is 18.0 Å². The van der Waals surface area contributed by atoms with Crippen LogP contribution in [0.5, 0.6) is 0 Å². The number of primary amides is 1. The number of fused-ring (bicyclic) bond motifs is 1. The molecule has 0 aliphatic carbocycles. The molecule has 2 aromatic rings. The number of hydrogen-bond acceptors (Lipinski definition) is 4.